The van der Waals surface area contributed by atoms with Crippen LogP contribution in [0.4, 0.5) is 0 Å². The third kappa shape index (κ3) is 10.5. The molecule has 3 aromatic rings. The van der Waals surface area contributed by atoms with Crippen LogP contribution in [0.2, 0.25) is 0 Å². The molecule has 3 heterocycles. The van der Waals surface area contributed by atoms with Gasteiger partial charge >= 0.3 is 11.9 Å². The molecule has 1 saturated heterocycles. The van der Waals surface area contributed by atoms with Crippen LogP contribution >= 0.6 is 11.3 Å². The maximum atomic E-state index is 12.9. The molecule has 1 fully saturated rings. The molecule has 0 amide bonds. The van der Waals surface area contributed by atoms with E-state index in [1.807, 2.05) is 46.2 Å². The van der Waals surface area contributed by atoms with Gasteiger partial charge < -0.3 is 26.5 Å². The maximum absolute atomic E-state index is 12.9. The summed E-state index contributed by atoms with van der Waals surface area (Å²) in [5, 5.41) is 23.2. The molecule has 0 bridgehead atoms. The van der Waals surface area contributed by atoms with Gasteiger partial charge in [-0.05, 0) is 24.3 Å². The monoisotopic (exact) mass is 702 g/mol. The maximum Gasteiger partial charge on any atom is 0.317 e. The van der Waals surface area contributed by atoms with Crippen molar-refractivity contribution in [3.8, 4) is 0 Å². The molecule has 1 aromatic carbocycles. The molecule has 0 atom stereocenters. The van der Waals surface area contributed by atoms with E-state index in [9.17, 15) is 24.6 Å². The fourth-order valence-electron chi connectivity index (χ4n) is 4.40. The van der Waals surface area contributed by atoms with Gasteiger partial charge in [0, 0.05) is 118 Å². The molecule has 14 heteroatoms. The van der Waals surface area contributed by atoms with Crippen molar-refractivity contribution in [3.05, 3.63) is 52.3 Å². The van der Waals surface area contributed by atoms with Crippen LogP contribution in [0.1, 0.15) is 5.69 Å². The minimum Gasteiger partial charge on any atom is -0.480 e. The quantitative estimate of drug-likeness (QED) is 0.279. The second kappa shape index (κ2) is 17.4. The Bertz CT molecular complexity index is 1260. The van der Waals surface area contributed by atoms with E-state index in [1.54, 1.807) is 0 Å². The smallest absolute Gasteiger partial charge is 0.317 e. The first-order chi connectivity index (χ1) is 17.4. The van der Waals surface area contributed by atoms with Crippen LogP contribution < -0.4 is 10.7 Å². The average molecular weight is 702 g/mol. The fraction of sp³-hybridized carbons (Fsp3) is 0.440. The molecular weight excluding hydrogens is 666 g/mol. The summed E-state index contributed by atoms with van der Waals surface area (Å²) in [4.78, 5) is 47.0. The van der Waals surface area contributed by atoms with E-state index in [0.717, 1.165) is 10.4 Å². The Labute approximate surface area is 270 Å². The Hall–Kier alpha value is -1.46. The standard InChI is InChI=1S/C25H31N5O5S.Eu.2H2O/c31-22(32)16-28-9-7-26-8-10-29(17-23(33)34)12-14-30(13-11-28)15-18-5-6-20-24(35)19-3-1-2-4-21(19)36-25(20)27-18;;;/h1-6,26H,7-17H2,(H,31,32)(H,33,34);;2*1H2. The topological polar surface area (TPSA) is 189 Å². The Balaban J connectivity index is 0.00000253. The first-order valence-electron chi connectivity index (χ1n) is 12.0. The van der Waals surface area contributed by atoms with Crippen molar-refractivity contribution < 1.29 is 80.1 Å². The number of rotatable bonds is 6. The van der Waals surface area contributed by atoms with Gasteiger partial charge in [-0.2, -0.15) is 0 Å². The Morgan fingerprint density at radius 1 is 0.821 bits per heavy atom. The molecule has 0 saturated carbocycles. The van der Waals surface area contributed by atoms with Crippen molar-refractivity contribution in [2.45, 2.75) is 6.54 Å². The molecule has 1 aliphatic heterocycles. The Morgan fingerprint density at radius 3 is 1.97 bits per heavy atom. The number of fused-ring (bicyclic) bond motifs is 2. The SMILES string of the molecule is O.O.O=C(O)CN1CCNCCN(CC(=O)O)CCN(Cc2ccc3c(=O)c4ccccc4sc3n2)CC1.[Eu]. The van der Waals surface area contributed by atoms with Crippen molar-refractivity contribution in [1.29, 1.82) is 0 Å². The molecule has 0 spiro atoms. The van der Waals surface area contributed by atoms with E-state index in [2.05, 4.69) is 10.2 Å². The van der Waals surface area contributed by atoms with Gasteiger partial charge in [-0.3, -0.25) is 29.1 Å². The number of carboxylic acids is 2. The van der Waals surface area contributed by atoms with Crippen LogP contribution in [0, 0.1) is 49.4 Å². The van der Waals surface area contributed by atoms with E-state index in [1.165, 1.54) is 11.3 Å². The van der Waals surface area contributed by atoms with Crippen LogP contribution in [0.3, 0.4) is 0 Å². The van der Waals surface area contributed by atoms with Gasteiger partial charge in [0.15, 0.2) is 5.43 Å². The van der Waals surface area contributed by atoms with Crippen molar-refractivity contribution in [2.24, 2.45) is 0 Å². The van der Waals surface area contributed by atoms with E-state index >= 15 is 0 Å². The van der Waals surface area contributed by atoms with Gasteiger partial charge in [0.05, 0.1) is 24.2 Å². The molecule has 4 rings (SSSR count). The molecule has 39 heavy (non-hydrogen) atoms. The zero-order valence-corrected chi connectivity index (χ0v) is 24.7. The molecule has 2 aromatic heterocycles. The number of aliphatic carboxylic acids is 2. The summed E-state index contributed by atoms with van der Waals surface area (Å²) in [6, 6.07) is 11.2. The summed E-state index contributed by atoms with van der Waals surface area (Å²) in [5.41, 5.74) is 0.795. The molecule has 7 N–H and O–H groups in total. The summed E-state index contributed by atoms with van der Waals surface area (Å²) in [7, 11) is 0. The predicted molar refractivity (Wildman–Crippen MR) is 147 cm³/mol. The first-order valence-corrected chi connectivity index (χ1v) is 12.8. The van der Waals surface area contributed by atoms with Crippen molar-refractivity contribution in [3.63, 3.8) is 0 Å². The van der Waals surface area contributed by atoms with Crippen LogP contribution in [0.15, 0.2) is 41.2 Å². The van der Waals surface area contributed by atoms with Crippen molar-refractivity contribution >= 4 is 43.6 Å². The number of nitrogens with zero attached hydrogens (tertiary/aromatic N) is 4. The Kier molecular flexibility index (Phi) is 15.9. The second-order valence-corrected chi connectivity index (χ2v) is 9.98. The zero-order valence-electron chi connectivity index (χ0n) is 21.4. The number of pyridine rings is 1. The summed E-state index contributed by atoms with van der Waals surface area (Å²) in [5.74, 6) is -1.72. The molecule has 0 aliphatic carbocycles. The number of benzene rings is 1. The summed E-state index contributed by atoms with van der Waals surface area (Å²) in [6.45, 7) is 5.26. The first kappa shape index (κ1) is 35.6. The number of carboxylic acid groups (broad SMARTS) is 2. The van der Waals surface area contributed by atoms with E-state index in [4.69, 9.17) is 4.98 Å². The van der Waals surface area contributed by atoms with Crippen molar-refractivity contribution in [1.82, 2.24) is 25.0 Å². The van der Waals surface area contributed by atoms with Crippen LogP contribution in [-0.2, 0) is 16.1 Å². The van der Waals surface area contributed by atoms with Crippen LogP contribution in [-0.4, -0.2) is 118 Å². The van der Waals surface area contributed by atoms with Crippen LogP contribution in [0.25, 0.3) is 20.3 Å². The number of aromatic nitrogens is 1. The number of hydrogen-bond acceptors (Lipinski definition) is 9. The fourth-order valence-corrected chi connectivity index (χ4v) is 5.46. The van der Waals surface area contributed by atoms with Crippen molar-refractivity contribution in [2.75, 3.05) is 65.4 Å². The summed E-state index contributed by atoms with van der Waals surface area (Å²) >= 11 is 1.49. The van der Waals surface area contributed by atoms with Gasteiger partial charge in [0.25, 0.3) is 0 Å². The van der Waals surface area contributed by atoms with Crippen LogP contribution in [0.5, 0.6) is 0 Å². The van der Waals surface area contributed by atoms with E-state index in [-0.39, 0.29) is 78.8 Å². The number of nitrogens with one attached hydrogen (secondary N) is 1. The predicted octanol–water partition coefficient (Wildman–Crippen LogP) is -0.661. The average Bonchev–Trinajstić information content (AvgIpc) is 2.83. The molecule has 12 nitrogen and oxygen atoms in total. The van der Waals surface area contributed by atoms with E-state index in [0.29, 0.717) is 74.5 Å². The molecular formula is C25H35EuN5O7S. The molecule has 1 radical (unpaired) electrons. The molecule has 1 aliphatic rings. The minimum atomic E-state index is -0.861. The largest absolute Gasteiger partial charge is 0.480 e. The number of carbonyl (C=O) groups is 2. The Morgan fingerprint density at radius 2 is 1.38 bits per heavy atom. The normalized spacial score (nSPS) is 16.2. The third-order valence-corrected chi connectivity index (χ3v) is 7.36. The van der Waals surface area contributed by atoms with Gasteiger partial charge in [-0.1, -0.05) is 12.1 Å². The summed E-state index contributed by atoms with van der Waals surface area (Å²) in [6.07, 6.45) is 0. The number of hydrogen-bond donors (Lipinski definition) is 3. The zero-order chi connectivity index (χ0) is 25.5. The van der Waals surface area contributed by atoms with Gasteiger partial charge in [0.1, 0.15) is 4.83 Å². The minimum absolute atomic E-state index is 0. The van der Waals surface area contributed by atoms with E-state index < -0.39 is 11.9 Å². The van der Waals surface area contributed by atoms with Gasteiger partial charge in [-0.15, -0.1) is 11.3 Å². The third-order valence-electron chi connectivity index (χ3n) is 6.28. The van der Waals surface area contributed by atoms with Gasteiger partial charge in [-0.25, -0.2) is 4.98 Å². The van der Waals surface area contributed by atoms with Gasteiger partial charge in [0.2, 0.25) is 0 Å². The summed E-state index contributed by atoms with van der Waals surface area (Å²) < 4.78 is 0.896. The second-order valence-electron chi connectivity index (χ2n) is 8.95. The molecule has 0 unspecified atom stereocenters. The molecule has 215 valence electrons.